The van der Waals surface area contributed by atoms with Crippen LogP contribution < -0.4 is 17.0 Å². The van der Waals surface area contributed by atoms with Crippen LogP contribution in [0.1, 0.15) is 24.2 Å². The highest BCUT2D eigenvalue weighted by atomic mass is 32.2. The predicted molar refractivity (Wildman–Crippen MR) is 92.0 cm³/mol. The first kappa shape index (κ1) is 18.0. The first-order chi connectivity index (χ1) is 11.3. The molecule has 2 aromatic rings. The van der Waals surface area contributed by atoms with E-state index in [4.69, 9.17) is 5.73 Å². The van der Waals surface area contributed by atoms with Crippen molar-refractivity contribution in [2.45, 2.75) is 25.3 Å². The van der Waals surface area contributed by atoms with Gasteiger partial charge in [0.2, 0.25) is 0 Å². The zero-order chi connectivity index (χ0) is 17.9. The summed E-state index contributed by atoms with van der Waals surface area (Å²) in [4.78, 5) is 38.6. The van der Waals surface area contributed by atoms with Crippen LogP contribution in [0.4, 0.5) is 10.2 Å². The summed E-state index contributed by atoms with van der Waals surface area (Å²) in [5.41, 5.74) is 4.14. The van der Waals surface area contributed by atoms with Crippen LogP contribution in [-0.2, 0) is 6.54 Å². The first-order valence-corrected chi connectivity index (χ1v) is 8.33. The smallest absolute Gasteiger partial charge is 0.329 e. The van der Waals surface area contributed by atoms with Crippen LogP contribution in [0.25, 0.3) is 0 Å². The van der Waals surface area contributed by atoms with E-state index in [1.165, 1.54) is 10.6 Å². The number of nitrogens with zero attached hydrogens (tertiary/aromatic N) is 1. The largest absolute Gasteiger partial charge is 0.384 e. The predicted octanol–water partition coefficient (Wildman–Crippen LogP) is 1.89. The molecule has 0 aliphatic carbocycles. The Hall–Kier alpha value is -2.35. The number of thioether (sulfide) groups is 1. The zero-order valence-electron chi connectivity index (χ0n) is 13.3. The maximum Gasteiger partial charge on any atom is 0.329 e. The molecule has 1 aromatic carbocycles. The highest BCUT2D eigenvalue weighted by Gasteiger charge is 2.20. The van der Waals surface area contributed by atoms with Gasteiger partial charge in [-0.1, -0.05) is 26.0 Å². The molecule has 2 rings (SSSR count). The fraction of sp³-hybridized carbons (Fsp3) is 0.312. The number of ketones is 1. The summed E-state index contributed by atoms with van der Waals surface area (Å²) in [7, 11) is 0. The lowest BCUT2D eigenvalue weighted by molar-refractivity contribution is 0.102. The van der Waals surface area contributed by atoms with Crippen molar-refractivity contribution in [1.29, 1.82) is 0 Å². The molecule has 24 heavy (non-hydrogen) atoms. The van der Waals surface area contributed by atoms with Crippen LogP contribution in [0, 0.1) is 11.7 Å². The number of rotatable bonds is 6. The average Bonchev–Trinajstić information content (AvgIpc) is 2.50. The number of aromatic nitrogens is 2. The molecular weight excluding hydrogens is 333 g/mol. The van der Waals surface area contributed by atoms with Gasteiger partial charge in [0.25, 0.3) is 5.56 Å². The van der Waals surface area contributed by atoms with Gasteiger partial charge in [0, 0.05) is 11.4 Å². The second-order valence-corrected chi connectivity index (χ2v) is 6.68. The summed E-state index contributed by atoms with van der Waals surface area (Å²) in [6.07, 6.45) is 0. The monoisotopic (exact) mass is 351 g/mol. The number of hydrogen-bond acceptors (Lipinski definition) is 5. The molecule has 0 atom stereocenters. The molecule has 0 aliphatic heterocycles. The van der Waals surface area contributed by atoms with Crippen LogP contribution >= 0.6 is 11.8 Å². The van der Waals surface area contributed by atoms with Crippen molar-refractivity contribution in [2.24, 2.45) is 5.92 Å². The maximum atomic E-state index is 13.6. The number of carbonyl (C=O) groups is 1. The highest BCUT2D eigenvalue weighted by Crippen LogP contribution is 2.22. The van der Waals surface area contributed by atoms with E-state index in [-0.39, 0.29) is 29.6 Å². The molecule has 3 N–H and O–H groups in total. The second-order valence-electron chi connectivity index (χ2n) is 5.67. The number of aromatic amines is 1. The molecule has 0 saturated carbocycles. The van der Waals surface area contributed by atoms with E-state index >= 15 is 0 Å². The molecule has 0 unspecified atom stereocenters. The Labute approximate surface area is 141 Å². The third-order valence-electron chi connectivity index (χ3n) is 3.26. The van der Waals surface area contributed by atoms with Crippen molar-refractivity contribution in [3.63, 3.8) is 0 Å². The van der Waals surface area contributed by atoms with Crippen molar-refractivity contribution in [2.75, 3.05) is 11.5 Å². The number of carbonyl (C=O) groups excluding carboxylic acids is 1. The van der Waals surface area contributed by atoms with Crippen molar-refractivity contribution in [1.82, 2.24) is 9.55 Å². The summed E-state index contributed by atoms with van der Waals surface area (Å²) >= 11 is 0.971. The summed E-state index contributed by atoms with van der Waals surface area (Å²) in [5.74, 6) is -1.21. The van der Waals surface area contributed by atoms with Gasteiger partial charge in [-0.25, -0.2) is 9.18 Å². The maximum absolute atomic E-state index is 13.6. The zero-order valence-corrected chi connectivity index (χ0v) is 14.2. The molecule has 1 aromatic heterocycles. The Morgan fingerprint density at radius 1 is 1.33 bits per heavy atom. The normalized spacial score (nSPS) is 11.0. The van der Waals surface area contributed by atoms with E-state index in [0.29, 0.717) is 4.90 Å². The SMILES string of the molecule is CC(C)Cn1c(N)c(C(=O)CSc2ccccc2F)c(=O)[nH]c1=O. The summed E-state index contributed by atoms with van der Waals surface area (Å²) in [6, 6.07) is 6.03. The van der Waals surface area contributed by atoms with Gasteiger partial charge in [-0.2, -0.15) is 0 Å². The van der Waals surface area contributed by atoms with Crippen molar-refractivity contribution in [3.8, 4) is 0 Å². The number of anilines is 1. The molecule has 128 valence electrons. The minimum absolute atomic E-state index is 0.103. The molecule has 0 fully saturated rings. The molecule has 0 spiro atoms. The van der Waals surface area contributed by atoms with E-state index in [1.807, 2.05) is 13.8 Å². The second kappa shape index (κ2) is 7.48. The van der Waals surface area contributed by atoms with Gasteiger partial charge < -0.3 is 5.73 Å². The van der Waals surface area contributed by atoms with Gasteiger partial charge in [-0.05, 0) is 18.1 Å². The van der Waals surface area contributed by atoms with Crippen LogP contribution in [0.15, 0.2) is 38.8 Å². The van der Waals surface area contributed by atoms with Gasteiger partial charge in [0.15, 0.2) is 5.78 Å². The molecule has 1 heterocycles. The number of Topliss-reactive ketones (excluding diaryl/α,β-unsaturated/α-hetero) is 1. The lowest BCUT2D eigenvalue weighted by Crippen LogP contribution is -2.37. The van der Waals surface area contributed by atoms with Crippen molar-refractivity contribution in [3.05, 3.63) is 56.5 Å². The van der Waals surface area contributed by atoms with Crippen LogP contribution in [0.3, 0.4) is 0 Å². The molecule has 0 saturated heterocycles. The number of nitrogens with one attached hydrogen (secondary N) is 1. The van der Waals surface area contributed by atoms with Gasteiger partial charge >= 0.3 is 5.69 Å². The average molecular weight is 351 g/mol. The van der Waals surface area contributed by atoms with E-state index in [0.717, 1.165) is 11.8 Å². The van der Waals surface area contributed by atoms with E-state index in [9.17, 15) is 18.8 Å². The number of hydrogen-bond donors (Lipinski definition) is 2. The Kier molecular flexibility index (Phi) is 5.61. The van der Waals surface area contributed by atoms with Crippen LogP contribution in [0.2, 0.25) is 0 Å². The van der Waals surface area contributed by atoms with E-state index < -0.39 is 22.8 Å². The van der Waals surface area contributed by atoms with Gasteiger partial charge in [0.05, 0.1) is 5.75 Å². The van der Waals surface area contributed by atoms with Crippen molar-refractivity contribution >= 4 is 23.4 Å². The third-order valence-corrected chi connectivity index (χ3v) is 4.31. The van der Waals surface area contributed by atoms with E-state index in [2.05, 4.69) is 4.98 Å². The Morgan fingerprint density at radius 2 is 2.00 bits per heavy atom. The standard InChI is InChI=1S/C16H18FN3O3S/c1-9(2)7-20-14(18)13(15(22)19-16(20)23)11(21)8-24-12-6-4-3-5-10(12)17/h3-6,9H,7-8,18H2,1-2H3,(H,19,22,23). The Morgan fingerprint density at radius 3 is 2.62 bits per heavy atom. The number of benzene rings is 1. The Bertz CT molecular complexity index is 874. The minimum atomic E-state index is -0.823. The van der Waals surface area contributed by atoms with Crippen molar-refractivity contribution < 1.29 is 9.18 Å². The molecule has 8 heteroatoms. The molecule has 0 radical (unpaired) electrons. The molecule has 0 aliphatic rings. The first-order valence-electron chi connectivity index (χ1n) is 7.34. The summed E-state index contributed by atoms with van der Waals surface area (Å²) < 4.78 is 14.8. The fourth-order valence-corrected chi connectivity index (χ4v) is 2.99. The van der Waals surface area contributed by atoms with Crippen LogP contribution in [0.5, 0.6) is 0 Å². The molecule has 0 bridgehead atoms. The third kappa shape index (κ3) is 3.94. The fourth-order valence-electron chi connectivity index (χ4n) is 2.18. The van der Waals surface area contributed by atoms with E-state index in [1.54, 1.807) is 18.2 Å². The lowest BCUT2D eigenvalue weighted by atomic mass is 10.2. The lowest BCUT2D eigenvalue weighted by Gasteiger charge is -2.13. The highest BCUT2D eigenvalue weighted by molar-refractivity contribution is 8.00. The summed E-state index contributed by atoms with van der Waals surface area (Å²) in [5, 5.41) is 0. The van der Waals surface area contributed by atoms with Gasteiger partial charge in [-0.15, -0.1) is 11.8 Å². The number of nitrogen functional groups attached to an aromatic ring is 1. The number of halogens is 1. The van der Waals surface area contributed by atoms with Crippen LogP contribution in [-0.4, -0.2) is 21.1 Å². The minimum Gasteiger partial charge on any atom is -0.384 e. The topological polar surface area (TPSA) is 97.9 Å². The van der Waals surface area contributed by atoms with Gasteiger partial charge in [-0.3, -0.25) is 19.1 Å². The number of nitrogens with two attached hydrogens (primary N) is 1. The molecule has 6 nitrogen and oxygen atoms in total. The Balaban J connectivity index is 2.31. The molecular formula is C16H18FN3O3S. The van der Waals surface area contributed by atoms with Gasteiger partial charge in [0.1, 0.15) is 17.2 Å². The molecule has 0 amide bonds. The quantitative estimate of drug-likeness (QED) is 0.612. The summed E-state index contributed by atoms with van der Waals surface area (Å²) in [6.45, 7) is 4.04. The number of H-pyrrole nitrogens is 1.